The number of carbonyl (C=O) groups is 1. The van der Waals surface area contributed by atoms with Crippen LogP contribution in [0.25, 0.3) is 10.9 Å². The van der Waals surface area contributed by atoms with Gasteiger partial charge in [0.25, 0.3) is 5.91 Å². The SMILES string of the molecule is COCCOc1cc2nc(Cl)cc(Oc3ccc(N)c(Cl)c3)c2cc1C(N)=O. The first-order chi connectivity index (χ1) is 13.4. The third-order valence-electron chi connectivity index (χ3n) is 3.85. The Morgan fingerprint density at radius 3 is 2.57 bits per heavy atom. The number of methoxy groups -OCH3 is 1. The van der Waals surface area contributed by atoms with Crippen molar-refractivity contribution in [2.75, 3.05) is 26.1 Å². The molecule has 28 heavy (non-hydrogen) atoms. The lowest BCUT2D eigenvalue weighted by atomic mass is 10.1. The Hall–Kier alpha value is -2.74. The van der Waals surface area contributed by atoms with Crippen LogP contribution in [-0.2, 0) is 4.74 Å². The molecule has 0 radical (unpaired) electrons. The van der Waals surface area contributed by atoms with Gasteiger partial charge in [0.15, 0.2) is 0 Å². The summed E-state index contributed by atoms with van der Waals surface area (Å²) in [4.78, 5) is 16.2. The molecule has 9 heteroatoms. The molecule has 3 aromatic rings. The van der Waals surface area contributed by atoms with Crippen molar-refractivity contribution in [3.05, 3.63) is 52.1 Å². The first-order valence-corrected chi connectivity index (χ1v) is 8.93. The summed E-state index contributed by atoms with van der Waals surface area (Å²) in [5, 5.41) is 1.09. The molecule has 1 amide bonds. The smallest absolute Gasteiger partial charge is 0.252 e. The predicted molar refractivity (Wildman–Crippen MR) is 109 cm³/mol. The number of hydrogen-bond acceptors (Lipinski definition) is 6. The number of anilines is 1. The van der Waals surface area contributed by atoms with Crippen molar-refractivity contribution in [3.63, 3.8) is 0 Å². The molecule has 0 fully saturated rings. The van der Waals surface area contributed by atoms with Crippen molar-refractivity contribution in [1.82, 2.24) is 4.98 Å². The average molecular weight is 422 g/mol. The Morgan fingerprint density at radius 2 is 1.89 bits per heavy atom. The number of halogens is 2. The highest BCUT2D eigenvalue weighted by Gasteiger charge is 2.16. The van der Waals surface area contributed by atoms with Crippen LogP contribution in [0.5, 0.6) is 17.2 Å². The Labute approximate surface area is 171 Å². The molecular formula is C19H17Cl2N3O4. The first kappa shape index (κ1) is 20.0. The normalized spacial score (nSPS) is 10.8. The maximum atomic E-state index is 11.9. The van der Waals surface area contributed by atoms with E-state index in [2.05, 4.69) is 4.98 Å². The molecule has 1 aromatic heterocycles. The van der Waals surface area contributed by atoms with Gasteiger partial charge in [-0.1, -0.05) is 23.2 Å². The number of nitrogens with zero attached hydrogens (tertiary/aromatic N) is 1. The van der Waals surface area contributed by atoms with Crippen molar-refractivity contribution in [2.24, 2.45) is 5.73 Å². The molecule has 0 unspecified atom stereocenters. The van der Waals surface area contributed by atoms with E-state index in [9.17, 15) is 4.79 Å². The van der Waals surface area contributed by atoms with Crippen molar-refractivity contribution < 1.29 is 19.0 Å². The molecule has 1 heterocycles. The van der Waals surface area contributed by atoms with Gasteiger partial charge in [-0.2, -0.15) is 0 Å². The van der Waals surface area contributed by atoms with Crippen LogP contribution >= 0.6 is 23.2 Å². The Balaban J connectivity index is 2.08. The highest BCUT2D eigenvalue weighted by Crippen LogP contribution is 2.36. The van der Waals surface area contributed by atoms with Crippen molar-refractivity contribution in [3.8, 4) is 17.2 Å². The molecule has 7 nitrogen and oxygen atoms in total. The van der Waals surface area contributed by atoms with Gasteiger partial charge in [-0.05, 0) is 18.2 Å². The van der Waals surface area contributed by atoms with Gasteiger partial charge in [-0.3, -0.25) is 4.79 Å². The monoisotopic (exact) mass is 421 g/mol. The zero-order valence-corrected chi connectivity index (χ0v) is 16.4. The van der Waals surface area contributed by atoms with E-state index in [1.165, 1.54) is 6.07 Å². The van der Waals surface area contributed by atoms with Crippen molar-refractivity contribution in [1.29, 1.82) is 0 Å². The van der Waals surface area contributed by atoms with E-state index >= 15 is 0 Å². The third-order valence-corrected chi connectivity index (χ3v) is 4.37. The maximum Gasteiger partial charge on any atom is 0.252 e. The van der Waals surface area contributed by atoms with Crippen molar-refractivity contribution in [2.45, 2.75) is 0 Å². The fourth-order valence-corrected chi connectivity index (χ4v) is 2.88. The summed E-state index contributed by atoms with van der Waals surface area (Å²) >= 11 is 12.2. The second-order valence-electron chi connectivity index (χ2n) is 5.80. The number of benzene rings is 2. The van der Waals surface area contributed by atoms with Gasteiger partial charge in [0.05, 0.1) is 28.4 Å². The molecule has 146 valence electrons. The predicted octanol–water partition coefficient (Wildman–Crippen LogP) is 4.04. The van der Waals surface area contributed by atoms with Crippen LogP contribution in [0.2, 0.25) is 10.2 Å². The fraction of sp³-hybridized carbons (Fsp3) is 0.158. The number of nitrogens with two attached hydrogens (primary N) is 2. The number of fused-ring (bicyclic) bond motifs is 1. The Bertz CT molecular complexity index is 1040. The standard InChI is InChI=1S/C19H17Cl2N3O4/c1-26-4-5-27-16-8-15-11(7-12(16)19(23)25)17(9-18(21)24-15)28-10-2-3-14(22)13(20)6-10/h2-3,6-9H,4-5,22H2,1H3,(H2,23,25). The summed E-state index contributed by atoms with van der Waals surface area (Å²) in [7, 11) is 1.55. The quantitative estimate of drug-likeness (QED) is 0.338. The highest BCUT2D eigenvalue weighted by atomic mass is 35.5. The molecule has 0 atom stereocenters. The molecular weight excluding hydrogens is 405 g/mol. The topological polar surface area (TPSA) is 110 Å². The Kier molecular flexibility index (Phi) is 6.08. The van der Waals surface area contributed by atoms with Crippen LogP contribution in [0.1, 0.15) is 10.4 Å². The molecule has 4 N–H and O–H groups in total. The fourth-order valence-electron chi connectivity index (χ4n) is 2.52. The van der Waals surface area contributed by atoms with E-state index in [-0.39, 0.29) is 23.1 Å². The van der Waals surface area contributed by atoms with Crippen LogP contribution in [0, 0.1) is 0 Å². The van der Waals surface area contributed by atoms with Gasteiger partial charge < -0.3 is 25.7 Å². The summed E-state index contributed by atoms with van der Waals surface area (Å²) in [5.74, 6) is 0.463. The van der Waals surface area contributed by atoms with Gasteiger partial charge in [-0.25, -0.2) is 4.98 Å². The van der Waals surface area contributed by atoms with Crippen LogP contribution in [0.4, 0.5) is 5.69 Å². The van der Waals surface area contributed by atoms with Crippen LogP contribution < -0.4 is 20.9 Å². The summed E-state index contributed by atoms with van der Waals surface area (Å²) < 4.78 is 16.5. The molecule has 0 saturated heterocycles. The van der Waals surface area contributed by atoms with E-state index in [1.807, 2.05) is 0 Å². The molecule has 0 aliphatic carbocycles. The molecule has 0 aliphatic heterocycles. The number of nitrogen functional groups attached to an aromatic ring is 1. The number of amides is 1. The minimum absolute atomic E-state index is 0.188. The van der Waals surface area contributed by atoms with Crippen LogP contribution in [-0.4, -0.2) is 31.2 Å². The molecule has 0 spiro atoms. The number of hydrogen-bond donors (Lipinski definition) is 2. The average Bonchev–Trinajstić information content (AvgIpc) is 2.64. The van der Waals surface area contributed by atoms with Crippen molar-refractivity contribution >= 4 is 45.7 Å². The minimum atomic E-state index is -0.647. The van der Waals surface area contributed by atoms with Crippen LogP contribution in [0.15, 0.2) is 36.4 Å². The third kappa shape index (κ3) is 4.39. The number of aromatic nitrogens is 1. The molecule has 2 aromatic carbocycles. The second kappa shape index (κ2) is 8.52. The summed E-state index contributed by atoms with van der Waals surface area (Å²) in [6, 6.07) is 9.54. The van der Waals surface area contributed by atoms with Gasteiger partial charge >= 0.3 is 0 Å². The van der Waals surface area contributed by atoms with Gasteiger partial charge in [0, 0.05) is 30.7 Å². The van der Waals surface area contributed by atoms with Gasteiger partial charge in [-0.15, -0.1) is 0 Å². The van der Waals surface area contributed by atoms with E-state index < -0.39 is 5.91 Å². The van der Waals surface area contributed by atoms with E-state index in [0.717, 1.165) is 0 Å². The maximum absolute atomic E-state index is 11.9. The lowest BCUT2D eigenvalue weighted by molar-refractivity contribution is 0.0992. The first-order valence-electron chi connectivity index (χ1n) is 8.17. The van der Waals surface area contributed by atoms with E-state index in [1.54, 1.807) is 37.4 Å². The number of pyridine rings is 1. The molecule has 0 bridgehead atoms. The minimum Gasteiger partial charge on any atom is -0.490 e. The van der Waals surface area contributed by atoms with E-state index in [4.69, 9.17) is 48.9 Å². The number of primary amides is 1. The van der Waals surface area contributed by atoms with Gasteiger partial charge in [0.2, 0.25) is 0 Å². The lowest BCUT2D eigenvalue weighted by Crippen LogP contribution is -2.14. The largest absolute Gasteiger partial charge is 0.490 e. The summed E-state index contributed by atoms with van der Waals surface area (Å²) in [6.07, 6.45) is 0. The molecule has 0 saturated carbocycles. The second-order valence-corrected chi connectivity index (χ2v) is 6.59. The lowest BCUT2D eigenvalue weighted by Gasteiger charge is -2.14. The molecule has 3 rings (SSSR count). The van der Waals surface area contributed by atoms with E-state index in [0.29, 0.717) is 39.7 Å². The zero-order valence-electron chi connectivity index (χ0n) is 14.9. The summed E-state index contributed by atoms with van der Waals surface area (Å²) in [6.45, 7) is 0.599. The number of ether oxygens (including phenoxy) is 3. The van der Waals surface area contributed by atoms with Crippen LogP contribution in [0.3, 0.4) is 0 Å². The Morgan fingerprint density at radius 1 is 1.11 bits per heavy atom. The van der Waals surface area contributed by atoms with Gasteiger partial charge in [0.1, 0.15) is 29.0 Å². The zero-order chi connectivity index (χ0) is 20.3. The molecule has 0 aliphatic rings. The number of rotatable bonds is 7. The number of carbonyl (C=O) groups excluding carboxylic acids is 1. The highest BCUT2D eigenvalue weighted by molar-refractivity contribution is 6.33. The summed E-state index contributed by atoms with van der Waals surface area (Å²) in [5.41, 5.74) is 12.3.